The van der Waals surface area contributed by atoms with E-state index in [1.165, 1.54) is 38.5 Å². The van der Waals surface area contributed by atoms with Crippen LogP contribution in [0.1, 0.15) is 28.4 Å². The first-order chi connectivity index (χ1) is 20.2. The summed E-state index contributed by atoms with van der Waals surface area (Å²) in [4.78, 5) is 26.2. The zero-order valence-electron chi connectivity index (χ0n) is 22.4. The van der Waals surface area contributed by atoms with Crippen molar-refractivity contribution >= 4 is 16.8 Å². The van der Waals surface area contributed by atoms with Gasteiger partial charge in [-0.15, -0.1) is 0 Å². The number of phenols is 4. The molecular formula is C32H24O10. The fraction of sp³-hybridized carbons (Fsp3) is 0.125. The maximum atomic E-state index is 13.3. The molecule has 0 bridgehead atoms. The average molecular weight is 569 g/mol. The Morgan fingerprint density at radius 2 is 1.55 bits per heavy atom. The number of hydrogen-bond donors (Lipinski definition) is 4. The lowest BCUT2D eigenvalue weighted by molar-refractivity contribution is 0.0845. The molecular weight excluding hydrogens is 544 g/mol. The van der Waals surface area contributed by atoms with Crippen LogP contribution in [0, 0.1) is 0 Å². The van der Waals surface area contributed by atoms with Crippen LogP contribution in [-0.4, -0.2) is 40.4 Å². The molecule has 212 valence electrons. The van der Waals surface area contributed by atoms with Crippen molar-refractivity contribution in [2.24, 2.45) is 0 Å². The van der Waals surface area contributed by atoms with Crippen LogP contribution in [0.2, 0.25) is 0 Å². The summed E-state index contributed by atoms with van der Waals surface area (Å²) in [6.07, 6.45) is -0.957. The van der Waals surface area contributed by atoms with Gasteiger partial charge in [-0.05, 0) is 42.0 Å². The highest BCUT2D eigenvalue weighted by Crippen LogP contribution is 2.47. The molecule has 10 heteroatoms. The van der Waals surface area contributed by atoms with Crippen LogP contribution >= 0.6 is 0 Å². The van der Waals surface area contributed by atoms with Crippen LogP contribution in [0.15, 0.2) is 75.9 Å². The number of ketones is 1. The fourth-order valence-corrected chi connectivity index (χ4v) is 5.17. The van der Waals surface area contributed by atoms with E-state index in [4.69, 9.17) is 18.6 Å². The molecule has 6 rings (SSSR count). The molecule has 4 aromatic carbocycles. The minimum absolute atomic E-state index is 0.0196. The molecule has 0 spiro atoms. The first-order valence-electron chi connectivity index (χ1n) is 12.8. The van der Waals surface area contributed by atoms with Gasteiger partial charge in [0.2, 0.25) is 0 Å². The predicted molar refractivity (Wildman–Crippen MR) is 152 cm³/mol. The molecule has 2 heterocycles. The summed E-state index contributed by atoms with van der Waals surface area (Å²) in [7, 11) is 2.91. The van der Waals surface area contributed by atoms with E-state index in [2.05, 4.69) is 0 Å². The van der Waals surface area contributed by atoms with Gasteiger partial charge in [-0.1, -0.05) is 6.07 Å². The highest BCUT2D eigenvalue weighted by Gasteiger charge is 2.32. The number of ether oxygens (including phenoxy) is 3. The van der Waals surface area contributed by atoms with Crippen molar-refractivity contribution in [3.05, 3.63) is 88.1 Å². The Morgan fingerprint density at radius 3 is 2.26 bits per heavy atom. The third-order valence-corrected chi connectivity index (χ3v) is 7.19. The quantitative estimate of drug-likeness (QED) is 0.208. The molecule has 1 aromatic heterocycles. The monoisotopic (exact) mass is 568 g/mol. The van der Waals surface area contributed by atoms with E-state index in [1.807, 2.05) is 0 Å². The number of carbonyl (C=O) groups is 1. The fourth-order valence-electron chi connectivity index (χ4n) is 5.17. The predicted octanol–water partition coefficient (Wildman–Crippen LogP) is 5.67. The Balaban J connectivity index is 1.53. The number of phenolic OH excluding ortho intramolecular Hbond substituents is 4. The molecule has 0 saturated heterocycles. The molecule has 0 saturated carbocycles. The number of aromatic hydroxyl groups is 4. The van der Waals surface area contributed by atoms with Crippen molar-refractivity contribution in [1.82, 2.24) is 0 Å². The van der Waals surface area contributed by atoms with E-state index in [0.717, 1.165) is 6.07 Å². The Bertz CT molecular complexity index is 1940. The summed E-state index contributed by atoms with van der Waals surface area (Å²) in [5, 5.41) is 41.7. The number of Topliss-reactive ketones (excluding diaryl/α,β-unsaturated/α-hetero) is 1. The largest absolute Gasteiger partial charge is 0.508 e. The van der Waals surface area contributed by atoms with E-state index in [0.29, 0.717) is 16.9 Å². The SMILES string of the molecule is COc1ccc(-c2cc(=O)c3c(O)cc(OC)c(-c4cc(C5CC(=O)c6c(O)cc(O)cc6O5)ccc4O)c3o2)cc1. The summed E-state index contributed by atoms with van der Waals surface area (Å²) in [6, 6.07) is 16.2. The zero-order chi connectivity index (χ0) is 29.7. The smallest absolute Gasteiger partial charge is 0.197 e. The molecule has 5 aromatic rings. The molecule has 0 fully saturated rings. The lowest BCUT2D eigenvalue weighted by Gasteiger charge is -2.26. The van der Waals surface area contributed by atoms with Gasteiger partial charge in [-0.25, -0.2) is 0 Å². The molecule has 42 heavy (non-hydrogen) atoms. The Kier molecular flexibility index (Phi) is 6.38. The van der Waals surface area contributed by atoms with Gasteiger partial charge in [0.1, 0.15) is 63.1 Å². The van der Waals surface area contributed by atoms with Gasteiger partial charge in [0.25, 0.3) is 0 Å². The van der Waals surface area contributed by atoms with Crippen molar-refractivity contribution in [2.75, 3.05) is 14.2 Å². The van der Waals surface area contributed by atoms with E-state index in [9.17, 15) is 30.0 Å². The van der Waals surface area contributed by atoms with Gasteiger partial charge in [0.05, 0.1) is 26.2 Å². The van der Waals surface area contributed by atoms with E-state index in [-0.39, 0.29) is 74.3 Å². The van der Waals surface area contributed by atoms with Gasteiger partial charge in [-0.3, -0.25) is 9.59 Å². The van der Waals surface area contributed by atoms with Crippen molar-refractivity contribution in [2.45, 2.75) is 12.5 Å². The van der Waals surface area contributed by atoms with Gasteiger partial charge in [-0.2, -0.15) is 0 Å². The second kappa shape index (κ2) is 10.1. The van der Waals surface area contributed by atoms with Crippen LogP contribution in [0.25, 0.3) is 33.4 Å². The number of fused-ring (bicyclic) bond motifs is 2. The molecule has 1 aliphatic heterocycles. The third kappa shape index (κ3) is 4.39. The van der Waals surface area contributed by atoms with Crippen molar-refractivity contribution in [3.8, 4) is 62.7 Å². The van der Waals surface area contributed by atoms with Crippen LogP contribution < -0.4 is 19.6 Å². The molecule has 1 aliphatic rings. The van der Waals surface area contributed by atoms with Crippen LogP contribution in [0.4, 0.5) is 0 Å². The van der Waals surface area contributed by atoms with Crippen molar-refractivity contribution < 1.29 is 43.8 Å². The number of carbonyl (C=O) groups excluding carboxylic acids is 1. The van der Waals surface area contributed by atoms with Crippen molar-refractivity contribution in [3.63, 3.8) is 0 Å². The Morgan fingerprint density at radius 1 is 0.786 bits per heavy atom. The maximum absolute atomic E-state index is 13.3. The van der Waals surface area contributed by atoms with E-state index in [1.54, 1.807) is 36.4 Å². The molecule has 0 amide bonds. The Hall–Kier alpha value is -5.64. The lowest BCUT2D eigenvalue weighted by atomic mass is 9.92. The maximum Gasteiger partial charge on any atom is 0.197 e. The molecule has 0 radical (unpaired) electrons. The minimum Gasteiger partial charge on any atom is -0.508 e. The first kappa shape index (κ1) is 26.6. The minimum atomic E-state index is -0.832. The zero-order valence-corrected chi connectivity index (χ0v) is 22.4. The van der Waals surface area contributed by atoms with E-state index < -0.39 is 17.3 Å². The third-order valence-electron chi connectivity index (χ3n) is 7.19. The van der Waals surface area contributed by atoms with Gasteiger partial charge in [0.15, 0.2) is 16.8 Å². The van der Waals surface area contributed by atoms with Gasteiger partial charge in [0, 0.05) is 35.4 Å². The summed E-state index contributed by atoms with van der Waals surface area (Å²) < 4.78 is 22.9. The molecule has 4 N–H and O–H groups in total. The number of rotatable bonds is 5. The van der Waals surface area contributed by atoms with Crippen LogP contribution in [0.5, 0.6) is 40.2 Å². The first-order valence-corrected chi connectivity index (χ1v) is 12.8. The van der Waals surface area contributed by atoms with E-state index >= 15 is 0 Å². The van der Waals surface area contributed by atoms with Crippen LogP contribution in [0.3, 0.4) is 0 Å². The average Bonchev–Trinajstić information content (AvgIpc) is 2.96. The lowest BCUT2D eigenvalue weighted by Crippen LogP contribution is -2.20. The molecule has 1 unspecified atom stereocenters. The second-order valence-corrected chi connectivity index (χ2v) is 9.73. The highest BCUT2D eigenvalue weighted by molar-refractivity contribution is 6.03. The molecule has 1 atom stereocenters. The van der Waals surface area contributed by atoms with Gasteiger partial charge >= 0.3 is 0 Å². The van der Waals surface area contributed by atoms with Crippen LogP contribution in [-0.2, 0) is 0 Å². The summed E-state index contributed by atoms with van der Waals surface area (Å²) in [5.74, 6) is -0.659. The summed E-state index contributed by atoms with van der Waals surface area (Å²) >= 11 is 0. The molecule has 10 nitrogen and oxygen atoms in total. The molecule has 0 aliphatic carbocycles. The normalized spacial score (nSPS) is 14.3. The summed E-state index contributed by atoms with van der Waals surface area (Å²) in [6.45, 7) is 0. The highest BCUT2D eigenvalue weighted by atomic mass is 16.5. The van der Waals surface area contributed by atoms with Gasteiger partial charge < -0.3 is 39.1 Å². The Labute approximate surface area is 238 Å². The summed E-state index contributed by atoms with van der Waals surface area (Å²) in [5.41, 5.74) is 0.846. The topological polar surface area (TPSA) is 156 Å². The number of benzene rings is 4. The van der Waals surface area contributed by atoms with Crippen molar-refractivity contribution in [1.29, 1.82) is 0 Å². The number of methoxy groups -OCH3 is 2. The number of hydrogen-bond acceptors (Lipinski definition) is 10. The second-order valence-electron chi connectivity index (χ2n) is 9.73. The standard InChI is InChI=1S/C32H24O10/c1-39-18-6-3-15(4-7-18)25-13-23(37)31-24(38)14-27(40-2)29(32(31)42-25)19-9-16(5-8-20(19)34)26-12-22(36)30-21(35)10-17(33)11-28(30)41-26/h3-11,13-14,26,33-35,38H,12H2,1-2H3.